The van der Waals surface area contributed by atoms with Crippen molar-refractivity contribution in [2.24, 2.45) is 0 Å². The van der Waals surface area contributed by atoms with E-state index in [2.05, 4.69) is 22.1 Å². The van der Waals surface area contributed by atoms with Crippen LogP contribution in [0.4, 0.5) is 0 Å². The van der Waals surface area contributed by atoms with Crippen molar-refractivity contribution in [3.8, 4) is 0 Å². The average Bonchev–Trinajstić information content (AvgIpc) is 2.66. The van der Waals surface area contributed by atoms with Gasteiger partial charge < -0.3 is 4.52 Å². The molecule has 5 nitrogen and oxygen atoms in total. The SMILES string of the molecule is CC(=O)Cc1noc(C2CCCCN2C)n1. The van der Waals surface area contributed by atoms with Gasteiger partial charge in [0.1, 0.15) is 5.78 Å². The molecule has 0 radical (unpaired) electrons. The van der Waals surface area contributed by atoms with E-state index in [1.807, 2.05) is 0 Å². The largest absolute Gasteiger partial charge is 0.338 e. The van der Waals surface area contributed by atoms with Crippen LogP contribution in [0.2, 0.25) is 0 Å². The van der Waals surface area contributed by atoms with E-state index >= 15 is 0 Å². The minimum Gasteiger partial charge on any atom is -0.338 e. The summed E-state index contributed by atoms with van der Waals surface area (Å²) in [5.41, 5.74) is 0. The van der Waals surface area contributed by atoms with Gasteiger partial charge in [-0.1, -0.05) is 11.6 Å². The molecule has 0 spiro atoms. The van der Waals surface area contributed by atoms with Crippen molar-refractivity contribution < 1.29 is 9.32 Å². The number of aromatic nitrogens is 2. The summed E-state index contributed by atoms with van der Waals surface area (Å²) in [6.07, 6.45) is 3.74. The highest BCUT2D eigenvalue weighted by atomic mass is 16.5. The molecule has 88 valence electrons. The number of ketones is 1. The van der Waals surface area contributed by atoms with E-state index in [0.717, 1.165) is 13.0 Å². The lowest BCUT2D eigenvalue weighted by atomic mass is 10.0. The van der Waals surface area contributed by atoms with Gasteiger partial charge in [0, 0.05) is 0 Å². The zero-order chi connectivity index (χ0) is 11.5. The molecule has 1 fully saturated rings. The lowest BCUT2D eigenvalue weighted by Crippen LogP contribution is -2.29. The number of Topliss-reactive ketones (excluding diaryl/α,β-unsaturated/α-hetero) is 1. The quantitative estimate of drug-likeness (QED) is 0.774. The van der Waals surface area contributed by atoms with Gasteiger partial charge in [-0.2, -0.15) is 4.98 Å². The van der Waals surface area contributed by atoms with Gasteiger partial charge >= 0.3 is 0 Å². The Morgan fingerprint density at radius 1 is 1.56 bits per heavy atom. The van der Waals surface area contributed by atoms with Gasteiger partial charge in [0.05, 0.1) is 12.5 Å². The Morgan fingerprint density at radius 3 is 3.06 bits per heavy atom. The molecule has 2 heterocycles. The number of hydrogen-bond donors (Lipinski definition) is 0. The van der Waals surface area contributed by atoms with Crippen LogP contribution in [0.1, 0.15) is 43.9 Å². The van der Waals surface area contributed by atoms with Gasteiger partial charge in [-0.25, -0.2) is 0 Å². The van der Waals surface area contributed by atoms with Crippen LogP contribution in [0.5, 0.6) is 0 Å². The maximum absolute atomic E-state index is 10.9. The number of nitrogens with zero attached hydrogens (tertiary/aromatic N) is 3. The van der Waals surface area contributed by atoms with Crippen LogP contribution in [0.3, 0.4) is 0 Å². The third kappa shape index (κ3) is 2.47. The van der Waals surface area contributed by atoms with E-state index < -0.39 is 0 Å². The van der Waals surface area contributed by atoms with Crippen LogP contribution in [-0.2, 0) is 11.2 Å². The Morgan fingerprint density at radius 2 is 2.38 bits per heavy atom. The zero-order valence-corrected chi connectivity index (χ0v) is 9.77. The third-order valence-electron chi connectivity index (χ3n) is 2.95. The molecule has 1 saturated heterocycles. The second kappa shape index (κ2) is 4.74. The molecule has 0 bridgehead atoms. The normalized spacial score (nSPS) is 22.2. The average molecular weight is 223 g/mol. The summed E-state index contributed by atoms with van der Waals surface area (Å²) < 4.78 is 5.22. The van der Waals surface area contributed by atoms with Crippen molar-refractivity contribution >= 4 is 5.78 Å². The zero-order valence-electron chi connectivity index (χ0n) is 9.77. The Bertz CT molecular complexity index is 375. The van der Waals surface area contributed by atoms with Gasteiger partial charge in [-0.3, -0.25) is 9.69 Å². The highest BCUT2D eigenvalue weighted by Crippen LogP contribution is 2.28. The first kappa shape index (κ1) is 11.3. The molecule has 16 heavy (non-hydrogen) atoms. The van der Waals surface area contributed by atoms with E-state index in [1.165, 1.54) is 19.8 Å². The third-order valence-corrected chi connectivity index (χ3v) is 2.95. The fraction of sp³-hybridized carbons (Fsp3) is 0.727. The molecule has 0 amide bonds. The lowest BCUT2D eigenvalue weighted by Gasteiger charge is -2.29. The summed E-state index contributed by atoms with van der Waals surface area (Å²) in [6.45, 7) is 2.60. The van der Waals surface area contributed by atoms with Crippen molar-refractivity contribution in [2.75, 3.05) is 13.6 Å². The predicted octanol–water partition coefficient (Wildman–Crippen LogP) is 1.36. The Kier molecular flexibility index (Phi) is 3.33. The standard InChI is InChI=1S/C11H17N3O2/c1-8(15)7-10-12-11(16-13-10)9-5-3-4-6-14(9)2/h9H,3-7H2,1-2H3. The van der Waals surface area contributed by atoms with Crippen LogP contribution < -0.4 is 0 Å². The van der Waals surface area contributed by atoms with Gasteiger partial charge in [-0.05, 0) is 33.4 Å². The number of piperidine rings is 1. The monoisotopic (exact) mass is 223 g/mol. The van der Waals surface area contributed by atoms with Crippen molar-refractivity contribution in [3.05, 3.63) is 11.7 Å². The van der Waals surface area contributed by atoms with Crippen LogP contribution in [0, 0.1) is 0 Å². The minimum absolute atomic E-state index is 0.0596. The predicted molar refractivity (Wildman–Crippen MR) is 57.9 cm³/mol. The van der Waals surface area contributed by atoms with Crippen LogP contribution in [0.15, 0.2) is 4.52 Å². The molecule has 0 aliphatic carbocycles. The number of likely N-dealkylation sites (tertiary alicyclic amines) is 1. The number of carbonyl (C=O) groups is 1. The van der Waals surface area contributed by atoms with Crippen molar-refractivity contribution in [1.29, 1.82) is 0 Å². The number of rotatable bonds is 3. The molecular formula is C11H17N3O2. The molecular weight excluding hydrogens is 206 g/mol. The first-order valence-corrected chi connectivity index (χ1v) is 5.69. The van der Waals surface area contributed by atoms with Gasteiger partial charge in [0.2, 0.25) is 5.89 Å². The Labute approximate surface area is 94.8 Å². The van der Waals surface area contributed by atoms with E-state index in [1.54, 1.807) is 0 Å². The fourth-order valence-electron chi connectivity index (χ4n) is 2.08. The molecule has 0 aromatic carbocycles. The topological polar surface area (TPSA) is 59.2 Å². The summed E-state index contributed by atoms with van der Waals surface area (Å²) in [7, 11) is 2.07. The van der Waals surface area contributed by atoms with Crippen molar-refractivity contribution in [3.63, 3.8) is 0 Å². The fourth-order valence-corrected chi connectivity index (χ4v) is 2.08. The maximum Gasteiger partial charge on any atom is 0.243 e. The van der Waals surface area contributed by atoms with Crippen LogP contribution in [-0.4, -0.2) is 34.4 Å². The summed E-state index contributed by atoms with van der Waals surface area (Å²) in [5, 5.41) is 3.83. The summed E-state index contributed by atoms with van der Waals surface area (Å²) in [6, 6.07) is 0.224. The van der Waals surface area contributed by atoms with Crippen LogP contribution in [0.25, 0.3) is 0 Å². The first-order chi connectivity index (χ1) is 7.66. The van der Waals surface area contributed by atoms with Crippen LogP contribution >= 0.6 is 0 Å². The molecule has 1 aromatic rings. The number of hydrogen-bond acceptors (Lipinski definition) is 5. The second-order valence-corrected chi connectivity index (χ2v) is 4.42. The summed E-state index contributed by atoms with van der Waals surface area (Å²) in [5.74, 6) is 1.21. The first-order valence-electron chi connectivity index (χ1n) is 5.69. The molecule has 1 aromatic heterocycles. The molecule has 1 aliphatic rings. The van der Waals surface area contributed by atoms with E-state index in [0.29, 0.717) is 11.7 Å². The highest BCUT2D eigenvalue weighted by molar-refractivity contribution is 5.77. The van der Waals surface area contributed by atoms with E-state index in [-0.39, 0.29) is 18.2 Å². The lowest BCUT2D eigenvalue weighted by molar-refractivity contribution is -0.116. The maximum atomic E-state index is 10.9. The van der Waals surface area contributed by atoms with Gasteiger partial charge in [0.25, 0.3) is 0 Å². The van der Waals surface area contributed by atoms with Gasteiger partial charge in [-0.15, -0.1) is 0 Å². The molecule has 0 N–H and O–H groups in total. The second-order valence-electron chi connectivity index (χ2n) is 4.42. The van der Waals surface area contributed by atoms with E-state index in [9.17, 15) is 4.79 Å². The minimum atomic E-state index is 0.0596. The summed E-state index contributed by atoms with van der Waals surface area (Å²) >= 11 is 0. The molecule has 1 unspecified atom stereocenters. The number of carbonyl (C=O) groups excluding carboxylic acids is 1. The highest BCUT2D eigenvalue weighted by Gasteiger charge is 2.25. The van der Waals surface area contributed by atoms with E-state index in [4.69, 9.17) is 4.52 Å². The Balaban J connectivity index is 2.08. The smallest absolute Gasteiger partial charge is 0.243 e. The molecule has 5 heteroatoms. The molecule has 1 atom stereocenters. The Hall–Kier alpha value is -1.23. The van der Waals surface area contributed by atoms with Crippen molar-refractivity contribution in [2.45, 2.75) is 38.6 Å². The summed E-state index contributed by atoms with van der Waals surface area (Å²) in [4.78, 5) is 17.4. The van der Waals surface area contributed by atoms with Crippen molar-refractivity contribution in [1.82, 2.24) is 15.0 Å². The molecule has 2 rings (SSSR count). The van der Waals surface area contributed by atoms with Gasteiger partial charge in [0.15, 0.2) is 5.82 Å². The molecule has 0 saturated carbocycles. The molecule has 1 aliphatic heterocycles.